The molecule has 0 fully saturated rings. The van der Waals surface area contributed by atoms with Crippen LogP contribution in [0.3, 0.4) is 0 Å². The number of aromatic nitrogens is 1. The fraction of sp³-hybridized carbons (Fsp3) is 0.250. The van der Waals surface area contributed by atoms with Gasteiger partial charge in [-0.25, -0.2) is 14.6 Å². The summed E-state index contributed by atoms with van der Waals surface area (Å²) in [5, 5.41) is 0. The number of thiazole rings is 1. The largest absolute Gasteiger partial charge is 0.496 e. The van der Waals surface area contributed by atoms with Gasteiger partial charge < -0.3 is 18.6 Å². The summed E-state index contributed by atoms with van der Waals surface area (Å²) < 4.78 is 25.0. The first-order chi connectivity index (χ1) is 20.6. The molecule has 2 aromatic heterocycles. The van der Waals surface area contributed by atoms with Crippen molar-refractivity contribution < 1.29 is 28.2 Å². The van der Waals surface area contributed by atoms with E-state index in [0.717, 1.165) is 4.47 Å². The summed E-state index contributed by atoms with van der Waals surface area (Å²) in [6.45, 7) is 7.29. The van der Waals surface area contributed by atoms with Gasteiger partial charge in [-0.1, -0.05) is 39.4 Å². The lowest BCUT2D eigenvalue weighted by molar-refractivity contribution is -0.143. The summed E-state index contributed by atoms with van der Waals surface area (Å²) >= 11 is 4.70. The first kappa shape index (κ1) is 30.2. The van der Waals surface area contributed by atoms with Gasteiger partial charge in [-0.3, -0.25) is 9.36 Å². The van der Waals surface area contributed by atoms with Crippen LogP contribution in [0.4, 0.5) is 0 Å². The minimum atomic E-state index is -0.838. The van der Waals surface area contributed by atoms with E-state index >= 15 is 0 Å². The van der Waals surface area contributed by atoms with Gasteiger partial charge in [0.1, 0.15) is 23.3 Å². The Morgan fingerprint density at radius 1 is 1.14 bits per heavy atom. The number of benzene rings is 2. The van der Waals surface area contributed by atoms with Crippen molar-refractivity contribution in [2.75, 3.05) is 13.7 Å². The Bertz CT molecular complexity index is 1930. The molecular weight excluding hydrogens is 636 g/mol. The van der Waals surface area contributed by atoms with E-state index in [9.17, 15) is 14.4 Å². The molecule has 1 atom stereocenters. The number of methoxy groups -OCH3 is 1. The average Bonchev–Trinajstić information content (AvgIpc) is 3.56. The van der Waals surface area contributed by atoms with Crippen molar-refractivity contribution >= 4 is 45.3 Å². The molecule has 1 aliphatic rings. The van der Waals surface area contributed by atoms with Crippen LogP contribution >= 0.6 is 27.3 Å². The Morgan fingerprint density at radius 2 is 1.93 bits per heavy atom. The van der Waals surface area contributed by atoms with Gasteiger partial charge in [-0.2, -0.15) is 0 Å². The molecule has 2 aromatic carbocycles. The van der Waals surface area contributed by atoms with E-state index in [2.05, 4.69) is 20.9 Å². The molecule has 0 amide bonds. The highest BCUT2D eigenvalue weighted by atomic mass is 79.9. The molecule has 5 rings (SSSR count). The molecule has 43 heavy (non-hydrogen) atoms. The highest BCUT2D eigenvalue weighted by Crippen LogP contribution is 2.37. The van der Waals surface area contributed by atoms with E-state index in [1.54, 1.807) is 70.2 Å². The number of carbonyl (C=O) groups excluding carboxylic acids is 2. The van der Waals surface area contributed by atoms with E-state index in [1.807, 2.05) is 18.2 Å². The molecule has 1 aliphatic heterocycles. The molecule has 0 unspecified atom stereocenters. The summed E-state index contributed by atoms with van der Waals surface area (Å²) in [6, 6.07) is 15.1. The zero-order valence-electron chi connectivity index (χ0n) is 24.2. The molecule has 0 saturated heterocycles. The Hall–Kier alpha value is -4.22. The fourth-order valence-corrected chi connectivity index (χ4v) is 6.21. The minimum Gasteiger partial charge on any atom is -0.496 e. The van der Waals surface area contributed by atoms with Crippen LogP contribution in [0.5, 0.6) is 5.75 Å². The van der Waals surface area contributed by atoms with Crippen LogP contribution in [0, 0.1) is 0 Å². The molecule has 4 aromatic rings. The second-order valence-electron chi connectivity index (χ2n) is 9.93. The zero-order chi connectivity index (χ0) is 30.8. The number of carbonyl (C=O) groups is 2. The molecule has 0 N–H and O–H groups in total. The summed E-state index contributed by atoms with van der Waals surface area (Å²) in [4.78, 5) is 44.6. The predicted molar refractivity (Wildman–Crippen MR) is 166 cm³/mol. The standard InChI is InChI=1S/C32H29BrN2O7S/c1-6-40-30(37)20-9-7-8-19(14-20)24-13-11-22(42-24)16-26-29(36)35-28(23-15-21(33)10-12-25(23)39-5)27(31(38)41-17(2)3)18(4)34-32(35)43-26/h7-17,28H,6H2,1-5H3/b26-16-/t28-/m0/s1. The average molecular weight is 666 g/mol. The van der Waals surface area contributed by atoms with Gasteiger partial charge in [0.05, 0.1) is 41.2 Å². The van der Waals surface area contributed by atoms with Crippen LogP contribution in [0.2, 0.25) is 0 Å². The number of fused-ring (bicyclic) bond motifs is 1. The maximum absolute atomic E-state index is 14.0. The maximum Gasteiger partial charge on any atom is 0.338 e. The van der Waals surface area contributed by atoms with Gasteiger partial charge in [-0.15, -0.1) is 0 Å². The number of rotatable bonds is 8. The summed E-state index contributed by atoms with van der Waals surface area (Å²) in [6.07, 6.45) is 1.27. The van der Waals surface area contributed by atoms with Crippen LogP contribution in [0.1, 0.15) is 55.4 Å². The van der Waals surface area contributed by atoms with Crippen molar-refractivity contribution in [1.82, 2.24) is 4.57 Å². The topological polar surface area (TPSA) is 109 Å². The third-order valence-corrected chi connectivity index (χ3v) is 8.11. The Morgan fingerprint density at radius 3 is 2.65 bits per heavy atom. The molecule has 222 valence electrons. The van der Waals surface area contributed by atoms with Crippen LogP contribution in [0.15, 0.2) is 84.5 Å². The van der Waals surface area contributed by atoms with E-state index in [0.29, 0.717) is 49.0 Å². The molecule has 3 heterocycles. The quantitative estimate of drug-likeness (QED) is 0.232. The van der Waals surface area contributed by atoms with Crippen molar-refractivity contribution in [2.45, 2.75) is 39.8 Å². The predicted octanol–water partition coefficient (Wildman–Crippen LogP) is 5.39. The monoisotopic (exact) mass is 664 g/mol. The smallest absolute Gasteiger partial charge is 0.338 e. The van der Waals surface area contributed by atoms with E-state index < -0.39 is 18.0 Å². The lowest BCUT2D eigenvalue weighted by Gasteiger charge is -2.26. The van der Waals surface area contributed by atoms with Gasteiger partial charge in [0.15, 0.2) is 4.80 Å². The second-order valence-corrected chi connectivity index (χ2v) is 11.9. The Labute approximate surface area is 259 Å². The molecule has 0 aliphatic carbocycles. The lowest BCUT2D eigenvalue weighted by atomic mass is 9.95. The van der Waals surface area contributed by atoms with E-state index in [1.165, 1.54) is 23.0 Å². The van der Waals surface area contributed by atoms with Crippen molar-refractivity contribution in [2.24, 2.45) is 4.99 Å². The third-order valence-electron chi connectivity index (χ3n) is 6.63. The van der Waals surface area contributed by atoms with Crippen LogP contribution < -0.4 is 19.6 Å². The van der Waals surface area contributed by atoms with E-state index in [4.69, 9.17) is 18.6 Å². The van der Waals surface area contributed by atoms with Gasteiger partial charge in [0.25, 0.3) is 5.56 Å². The van der Waals surface area contributed by atoms with Crippen LogP contribution in [0.25, 0.3) is 17.4 Å². The molecule has 9 nitrogen and oxygen atoms in total. The minimum absolute atomic E-state index is 0.255. The van der Waals surface area contributed by atoms with Crippen LogP contribution in [-0.2, 0) is 14.3 Å². The van der Waals surface area contributed by atoms with Crippen molar-refractivity contribution in [3.63, 3.8) is 0 Å². The van der Waals surface area contributed by atoms with Gasteiger partial charge in [0, 0.05) is 21.7 Å². The molecule has 0 spiro atoms. The van der Waals surface area contributed by atoms with Crippen molar-refractivity contribution in [3.05, 3.63) is 107 Å². The number of halogens is 1. The summed E-state index contributed by atoms with van der Waals surface area (Å²) in [7, 11) is 1.54. The lowest BCUT2D eigenvalue weighted by Crippen LogP contribution is -2.40. The molecular formula is C32H29BrN2O7S. The number of esters is 2. The number of furan rings is 1. The number of allylic oxidation sites excluding steroid dienone is 1. The van der Waals surface area contributed by atoms with Gasteiger partial charge in [-0.05, 0) is 70.2 Å². The second kappa shape index (κ2) is 12.6. The van der Waals surface area contributed by atoms with Crippen molar-refractivity contribution in [3.8, 4) is 17.1 Å². The first-order valence-electron chi connectivity index (χ1n) is 13.6. The third kappa shape index (κ3) is 6.14. The molecule has 0 bridgehead atoms. The molecule has 0 radical (unpaired) electrons. The maximum atomic E-state index is 14.0. The number of ether oxygens (including phenoxy) is 3. The zero-order valence-corrected chi connectivity index (χ0v) is 26.6. The Balaban J connectivity index is 1.62. The van der Waals surface area contributed by atoms with Gasteiger partial charge in [0.2, 0.25) is 0 Å². The Kier molecular flexibility index (Phi) is 8.84. The van der Waals surface area contributed by atoms with Gasteiger partial charge >= 0.3 is 11.9 Å². The van der Waals surface area contributed by atoms with Crippen molar-refractivity contribution in [1.29, 1.82) is 0 Å². The number of hydrogen-bond donors (Lipinski definition) is 0. The normalized spacial score (nSPS) is 14.9. The summed E-state index contributed by atoms with van der Waals surface area (Å²) in [5.74, 6) is 0.497. The fourth-order valence-electron chi connectivity index (χ4n) is 4.80. The number of nitrogens with zero attached hydrogens (tertiary/aromatic N) is 2. The SMILES string of the molecule is CCOC(=O)c1cccc(-c2ccc(/C=c3\sc4n(c3=O)[C@@H](c3cc(Br)ccc3OC)C(C(=O)OC(C)C)=C(C)N=4)o2)c1. The summed E-state index contributed by atoms with van der Waals surface area (Å²) in [5.41, 5.74) is 2.07. The van der Waals surface area contributed by atoms with Crippen LogP contribution in [-0.4, -0.2) is 36.3 Å². The number of hydrogen-bond acceptors (Lipinski definition) is 9. The highest BCUT2D eigenvalue weighted by molar-refractivity contribution is 9.10. The highest BCUT2D eigenvalue weighted by Gasteiger charge is 2.35. The molecule has 0 saturated carbocycles. The van der Waals surface area contributed by atoms with E-state index in [-0.39, 0.29) is 23.8 Å². The first-order valence-corrected chi connectivity index (χ1v) is 15.2. The molecule has 11 heteroatoms.